The summed E-state index contributed by atoms with van der Waals surface area (Å²) in [5, 5.41) is 15.3. The summed E-state index contributed by atoms with van der Waals surface area (Å²) in [6.07, 6.45) is 8.27. The third-order valence-corrected chi connectivity index (χ3v) is 4.97. The van der Waals surface area contributed by atoms with Gasteiger partial charge >= 0.3 is 0 Å². The number of anilines is 1. The van der Waals surface area contributed by atoms with Crippen LogP contribution in [-0.2, 0) is 6.42 Å². The Morgan fingerprint density at radius 1 is 1.15 bits per heavy atom. The highest BCUT2D eigenvalue weighted by molar-refractivity contribution is 6.03. The van der Waals surface area contributed by atoms with Gasteiger partial charge in [0, 0.05) is 18.6 Å². The van der Waals surface area contributed by atoms with Crippen molar-refractivity contribution in [2.24, 2.45) is 0 Å². The molecule has 7 nitrogen and oxygen atoms in total. The number of benzene rings is 1. The predicted molar refractivity (Wildman–Crippen MR) is 101 cm³/mol. The van der Waals surface area contributed by atoms with Crippen LogP contribution in [0.5, 0.6) is 0 Å². The number of hydrogen-bond acceptors (Lipinski definition) is 5. The molecule has 0 radical (unpaired) electrons. The lowest BCUT2D eigenvalue weighted by Crippen LogP contribution is -2.20. The largest absolute Gasteiger partial charge is 0.425 e. The normalized spacial score (nSPS) is 15.0. The standard InChI is InChI=1S/C20H23N5O2/c1-14-23-24-19(27-14)13-15-7-9-16(10-8-15)20(26)22-18-11-12-21-25(18)17-5-3-2-4-6-17/h7-12,17H,2-6,13H2,1H3,(H,22,26). The molecule has 0 atom stereocenters. The Morgan fingerprint density at radius 2 is 1.93 bits per heavy atom. The minimum Gasteiger partial charge on any atom is -0.425 e. The maximum atomic E-state index is 12.6. The maximum Gasteiger partial charge on any atom is 0.256 e. The number of nitrogens with zero attached hydrogens (tertiary/aromatic N) is 4. The number of rotatable bonds is 5. The Kier molecular flexibility index (Phi) is 5.00. The van der Waals surface area contributed by atoms with Gasteiger partial charge in [-0.25, -0.2) is 4.68 Å². The van der Waals surface area contributed by atoms with Crippen molar-refractivity contribution in [3.63, 3.8) is 0 Å². The minimum absolute atomic E-state index is 0.132. The van der Waals surface area contributed by atoms with Crippen LogP contribution in [0, 0.1) is 6.92 Å². The maximum absolute atomic E-state index is 12.6. The lowest BCUT2D eigenvalue weighted by atomic mass is 9.96. The SMILES string of the molecule is Cc1nnc(Cc2ccc(C(=O)Nc3ccnn3C3CCCCC3)cc2)o1. The molecule has 4 rings (SSSR count). The molecule has 1 amide bonds. The second-order valence-electron chi connectivity index (χ2n) is 7.00. The summed E-state index contributed by atoms with van der Waals surface area (Å²) in [6, 6.07) is 9.69. The van der Waals surface area contributed by atoms with E-state index in [0.717, 1.165) is 24.2 Å². The zero-order chi connectivity index (χ0) is 18.6. The zero-order valence-electron chi connectivity index (χ0n) is 15.4. The van der Waals surface area contributed by atoms with Gasteiger partial charge in [-0.3, -0.25) is 4.79 Å². The number of aromatic nitrogens is 4. The van der Waals surface area contributed by atoms with E-state index in [0.29, 0.717) is 29.8 Å². The van der Waals surface area contributed by atoms with Gasteiger partial charge in [-0.15, -0.1) is 10.2 Å². The monoisotopic (exact) mass is 365 g/mol. The molecule has 1 saturated carbocycles. The quantitative estimate of drug-likeness (QED) is 0.740. The van der Waals surface area contributed by atoms with E-state index in [1.807, 2.05) is 35.0 Å². The number of aryl methyl sites for hydroxylation is 1. The minimum atomic E-state index is -0.132. The molecule has 0 saturated heterocycles. The van der Waals surface area contributed by atoms with E-state index in [-0.39, 0.29) is 5.91 Å². The first-order valence-electron chi connectivity index (χ1n) is 9.42. The summed E-state index contributed by atoms with van der Waals surface area (Å²) >= 11 is 0. The Hall–Kier alpha value is -2.96. The van der Waals surface area contributed by atoms with Crippen molar-refractivity contribution in [2.75, 3.05) is 5.32 Å². The fraction of sp³-hybridized carbons (Fsp3) is 0.400. The van der Waals surface area contributed by atoms with Crippen LogP contribution in [0.3, 0.4) is 0 Å². The molecule has 2 aromatic heterocycles. The van der Waals surface area contributed by atoms with Crippen molar-refractivity contribution < 1.29 is 9.21 Å². The van der Waals surface area contributed by atoms with E-state index < -0.39 is 0 Å². The molecular weight excluding hydrogens is 342 g/mol. The average Bonchev–Trinajstić information content (AvgIpc) is 3.32. The summed E-state index contributed by atoms with van der Waals surface area (Å²) in [6.45, 7) is 1.77. The molecule has 27 heavy (non-hydrogen) atoms. The molecule has 0 spiro atoms. The van der Waals surface area contributed by atoms with Gasteiger partial charge in [-0.1, -0.05) is 31.4 Å². The first kappa shape index (κ1) is 17.5. The van der Waals surface area contributed by atoms with E-state index in [1.165, 1.54) is 19.3 Å². The second kappa shape index (κ2) is 7.73. The number of carbonyl (C=O) groups excluding carboxylic acids is 1. The lowest BCUT2D eigenvalue weighted by Gasteiger charge is -2.23. The highest BCUT2D eigenvalue weighted by Crippen LogP contribution is 2.30. The third-order valence-electron chi connectivity index (χ3n) is 4.97. The molecule has 1 aliphatic rings. The second-order valence-corrected chi connectivity index (χ2v) is 7.00. The van der Waals surface area contributed by atoms with E-state index in [2.05, 4.69) is 20.6 Å². The van der Waals surface area contributed by atoms with E-state index >= 15 is 0 Å². The number of nitrogens with one attached hydrogen (secondary N) is 1. The van der Waals surface area contributed by atoms with Gasteiger partial charge in [-0.2, -0.15) is 5.10 Å². The topological polar surface area (TPSA) is 85.8 Å². The summed E-state index contributed by atoms with van der Waals surface area (Å²) in [5.74, 6) is 1.75. The van der Waals surface area contributed by atoms with Crippen LogP contribution >= 0.6 is 0 Å². The molecule has 1 aromatic carbocycles. The molecule has 1 N–H and O–H groups in total. The number of amides is 1. The fourth-order valence-electron chi connectivity index (χ4n) is 3.58. The van der Waals surface area contributed by atoms with E-state index in [1.54, 1.807) is 13.1 Å². The van der Waals surface area contributed by atoms with Gasteiger partial charge in [0.05, 0.1) is 18.7 Å². The van der Waals surface area contributed by atoms with Gasteiger partial charge < -0.3 is 9.73 Å². The van der Waals surface area contributed by atoms with Crippen molar-refractivity contribution in [2.45, 2.75) is 51.5 Å². The summed E-state index contributed by atoms with van der Waals surface area (Å²) in [7, 11) is 0. The number of hydrogen-bond donors (Lipinski definition) is 1. The molecule has 0 unspecified atom stereocenters. The average molecular weight is 365 g/mol. The van der Waals surface area contributed by atoms with Gasteiger partial charge in [0.1, 0.15) is 5.82 Å². The van der Waals surface area contributed by atoms with E-state index in [9.17, 15) is 4.79 Å². The number of carbonyl (C=O) groups is 1. The van der Waals surface area contributed by atoms with Crippen LogP contribution in [-0.4, -0.2) is 25.9 Å². The molecule has 0 aliphatic heterocycles. The smallest absolute Gasteiger partial charge is 0.256 e. The Morgan fingerprint density at radius 3 is 2.63 bits per heavy atom. The molecule has 140 valence electrons. The van der Waals surface area contributed by atoms with Crippen LogP contribution < -0.4 is 5.32 Å². The Bertz CT molecular complexity index is 907. The first-order valence-corrected chi connectivity index (χ1v) is 9.42. The zero-order valence-corrected chi connectivity index (χ0v) is 15.4. The molecular formula is C20H23N5O2. The van der Waals surface area contributed by atoms with Gasteiger partial charge in [0.25, 0.3) is 5.91 Å². The van der Waals surface area contributed by atoms with Crippen LogP contribution in [0.4, 0.5) is 5.82 Å². The lowest BCUT2D eigenvalue weighted by molar-refractivity contribution is 0.102. The first-order chi connectivity index (χ1) is 13.2. The van der Waals surface area contributed by atoms with Crippen LogP contribution in [0.25, 0.3) is 0 Å². The fourth-order valence-corrected chi connectivity index (χ4v) is 3.58. The molecule has 1 fully saturated rings. The molecule has 0 bridgehead atoms. The van der Waals surface area contributed by atoms with Crippen LogP contribution in [0.2, 0.25) is 0 Å². The van der Waals surface area contributed by atoms with Crippen molar-refractivity contribution in [1.82, 2.24) is 20.0 Å². The van der Waals surface area contributed by atoms with Gasteiger partial charge in [-0.05, 0) is 30.5 Å². The molecule has 7 heteroatoms. The van der Waals surface area contributed by atoms with Crippen LogP contribution in [0.1, 0.15) is 65.8 Å². The predicted octanol–water partition coefficient (Wildman–Crippen LogP) is 3.92. The van der Waals surface area contributed by atoms with Crippen molar-refractivity contribution >= 4 is 11.7 Å². The van der Waals surface area contributed by atoms with Gasteiger partial charge in [0.2, 0.25) is 11.8 Å². The van der Waals surface area contributed by atoms with Gasteiger partial charge in [0.15, 0.2) is 0 Å². The van der Waals surface area contributed by atoms with Crippen molar-refractivity contribution in [3.8, 4) is 0 Å². The van der Waals surface area contributed by atoms with Crippen molar-refractivity contribution in [3.05, 3.63) is 59.4 Å². The summed E-state index contributed by atoms with van der Waals surface area (Å²) in [5.41, 5.74) is 1.62. The molecule has 2 heterocycles. The van der Waals surface area contributed by atoms with E-state index in [4.69, 9.17) is 4.42 Å². The van der Waals surface area contributed by atoms with Crippen molar-refractivity contribution in [1.29, 1.82) is 0 Å². The molecule has 1 aliphatic carbocycles. The Balaban J connectivity index is 1.42. The third kappa shape index (κ3) is 4.07. The Labute approximate surface area is 157 Å². The highest BCUT2D eigenvalue weighted by atomic mass is 16.4. The summed E-state index contributed by atoms with van der Waals surface area (Å²) in [4.78, 5) is 12.6. The van der Waals surface area contributed by atoms with Crippen LogP contribution in [0.15, 0.2) is 40.9 Å². The summed E-state index contributed by atoms with van der Waals surface area (Å²) < 4.78 is 7.36. The highest BCUT2D eigenvalue weighted by Gasteiger charge is 2.19. The molecule has 3 aromatic rings.